The smallest absolute Gasteiger partial charge is 0.254 e. The molecule has 1 aromatic carbocycles. The van der Waals surface area contributed by atoms with Crippen LogP contribution < -0.4 is 10.5 Å². The zero-order valence-electron chi connectivity index (χ0n) is 11.1. The van der Waals surface area contributed by atoms with E-state index in [2.05, 4.69) is 5.32 Å². The van der Waals surface area contributed by atoms with Crippen molar-refractivity contribution < 1.29 is 22.3 Å². The van der Waals surface area contributed by atoms with E-state index in [1.165, 1.54) is 0 Å². The number of ether oxygens (including phenoxy) is 1. The normalized spacial score (nSPS) is 11.3. The van der Waals surface area contributed by atoms with Crippen molar-refractivity contribution in [3.63, 3.8) is 0 Å². The molecule has 0 bridgehead atoms. The standard InChI is InChI=1S/C12H17FN2O4S/c1-19-7-3-2-6-15-12(16)10-5-4-9(8-11(10)13)20(14,17)18/h4-5,8H,2-3,6-7H2,1H3,(H,15,16)(H2,14,17,18). The Hall–Kier alpha value is -1.51. The molecule has 0 aliphatic heterocycles. The van der Waals surface area contributed by atoms with Gasteiger partial charge in [-0.1, -0.05) is 0 Å². The van der Waals surface area contributed by atoms with Crippen LogP contribution in [0.3, 0.4) is 0 Å². The van der Waals surface area contributed by atoms with Gasteiger partial charge in [0, 0.05) is 20.3 Å². The fourth-order valence-electron chi connectivity index (χ4n) is 1.53. The van der Waals surface area contributed by atoms with Crippen molar-refractivity contribution in [2.45, 2.75) is 17.7 Å². The number of amides is 1. The van der Waals surface area contributed by atoms with Crippen LogP contribution in [0.25, 0.3) is 0 Å². The summed E-state index contributed by atoms with van der Waals surface area (Å²) in [7, 11) is -2.40. The molecule has 0 atom stereocenters. The summed E-state index contributed by atoms with van der Waals surface area (Å²) in [6.45, 7) is 0.978. The van der Waals surface area contributed by atoms with Gasteiger partial charge in [-0.2, -0.15) is 0 Å². The van der Waals surface area contributed by atoms with Gasteiger partial charge >= 0.3 is 0 Å². The number of halogens is 1. The van der Waals surface area contributed by atoms with Crippen molar-refractivity contribution in [2.24, 2.45) is 5.14 Å². The van der Waals surface area contributed by atoms with E-state index in [9.17, 15) is 17.6 Å². The zero-order chi connectivity index (χ0) is 15.2. The Labute approximate surface area is 117 Å². The van der Waals surface area contributed by atoms with E-state index < -0.39 is 21.7 Å². The minimum atomic E-state index is -3.98. The molecule has 6 nitrogen and oxygen atoms in total. The van der Waals surface area contributed by atoms with Crippen molar-refractivity contribution in [2.75, 3.05) is 20.3 Å². The number of carbonyl (C=O) groups is 1. The SMILES string of the molecule is COCCCCNC(=O)c1ccc(S(N)(=O)=O)cc1F. The number of sulfonamides is 1. The third-order valence-electron chi connectivity index (χ3n) is 2.57. The van der Waals surface area contributed by atoms with Crippen LogP contribution in [-0.2, 0) is 14.8 Å². The number of hydrogen-bond donors (Lipinski definition) is 2. The highest BCUT2D eigenvalue weighted by atomic mass is 32.2. The van der Waals surface area contributed by atoms with Crippen molar-refractivity contribution in [3.05, 3.63) is 29.6 Å². The highest BCUT2D eigenvalue weighted by Crippen LogP contribution is 2.13. The maximum atomic E-state index is 13.7. The summed E-state index contributed by atoms with van der Waals surface area (Å²) >= 11 is 0. The molecule has 0 unspecified atom stereocenters. The lowest BCUT2D eigenvalue weighted by Gasteiger charge is -2.07. The molecule has 1 aromatic rings. The predicted octanol–water partition coefficient (Wildman–Crippen LogP) is 0.630. The average Bonchev–Trinajstić information content (AvgIpc) is 2.37. The topological polar surface area (TPSA) is 98.5 Å². The molecule has 1 rings (SSSR count). The molecule has 0 aromatic heterocycles. The molecule has 1 amide bonds. The second-order valence-corrected chi connectivity index (χ2v) is 5.70. The van der Waals surface area contributed by atoms with E-state index in [4.69, 9.17) is 9.88 Å². The highest BCUT2D eigenvalue weighted by Gasteiger charge is 2.15. The van der Waals surface area contributed by atoms with E-state index >= 15 is 0 Å². The lowest BCUT2D eigenvalue weighted by molar-refractivity contribution is 0.0947. The van der Waals surface area contributed by atoms with E-state index in [0.717, 1.165) is 24.6 Å². The van der Waals surface area contributed by atoms with Crippen LogP contribution in [0.2, 0.25) is 0 Å². The van der Waals surface area contributed by atoms with E-state index in [0.29, 0.717) is 19.6 Å². The summed E-state index contributed by atoms with van der Waals surface area (Å²) in [5.41, 5.74) is -0.218. The Morgan fingerprint density at radius 3 is 2.65 bits per heavy atom. The van der Waals surface area contributed by atoms with Crippen molar-refractivity contribution in [1.29, 1.82) is 0 Å². The molecular formula is C12H17FN2O4S. The van der Waals surface area contributed by atoms with Crippen molar-refractivity contribution in [1.82, 2.24) is 5.32 Å². The van der Waals surface area contributed by atoms with Crippen LogP contribution in [0.5, 0.6) is 0 Å². The van der Waals surface area contributed by atoms with Gasteiger partial charge in [-0.3, -0.25) is 4.79 Å². The Morgan fingerprint density at radius 1 is 1.40 bits per heavy atom. The number of rotatable bonds is 7. The van der Waals surface area contributed by atoms with E-state index in [1.54, 1.807) is 7.11 Å². The number of nitrogens with one attached hydrogen (secondary N) is 1. The average molecular weight is 304 g/mol. The summed E-state index contributed by atoms with van der Waals surface area (Å²) in [5, 5.41) is 7.41. The van der Waals surface area contributed by atoms with Gasteiger partial charge in [0.05, 0.1) is 10.5 Å². The van der Waals surface area contributed by atoms with Crippen molar-refractivity contribution in [3.8, 4) is 0 Å². The molecule has 112 valence electrons. The molecule has 0 aliphatic carbocycles. The largest absolute Gasteiger partial charge is 0.385 e. The van der Waals surface area contributed by atoms with E-state index in [1.807, 2.05) is 0 Å². The molecule has 0 saturated carbocycles. The second-order valence-electron chi connectivity index (χ2n) is 4.14. The fraction of sp³-hybridized carbons (Fsp3) is 0.417. The van der Waals surface area contributed by atoms with Gasteiger partial charge in [-0.25, -0.2) is 17.9 Å². The number of carbonyl (C=O) groups excluding carboxylic acids is 1. The number of primary sulfonamides is 1. The summed E-state index contributed by atoms with van der Waals surface area (Å²) in [6.07, 6.45) is 1.49. The molecule has 0 spiro atoms. The van der Waals surface area contributed by atoms with Gasteiger partial charge in [0.15, 0.2) is 0 Å². The Balaban J connectivity index is 2.65. The number of benzene rings is 1. The maximum Gasteiger partial charge on any atom is 0.254 e. The van der Waals surface area contributed by atoms with Crippen LogP contribution in [0.1, 0.15) is 23.2 Å². The van der Waals surface area contributed by atoms with E-state index in [-0.39, 0.29) is 10.5 Å². The Bertz CT molecular complexity index is 575. The lowest BCUT2D eigenvalue weighted by Crippen LogP contribution is -2.26. The lowest BCUT2D eigenvalue weighted by atomic mass is 10.2. The first-order valence-corrected chi connectivity index (χ1v) is 7.50. The molecular weight excluding hydrogens is 287 g/mol. The van der Waals surface area contributed by atoms with Crippen molar-refractivity contribution >= 4 is 15.9 Å². The van der Waals surface area contributed by atoms with Crippen LogP contribution in [0.15, 0.2) is 23.1 Å². The first-order chi connectivity index (χ1) is 9.36. The Kier molecular flexibility index (Phi) is 6.05. The molecule has 8 heteroatoms. The predicted molar refractivity (Wildman–Crippen MR) is 71.2 cm³/mol. The number of nitrogens with two attached hydrogens (primary N) is 1. The van der Waals surface area contributed by atoms with Gasteiger partial charge in [0.25, 0.3) is 5.91 Å². The number of unbranched alkanes of at least 4 members (excludes halogenated alkanes) is 1. The zero-order valence-corrected chi connectivity index (χ0v) is 11.9. The molecule has 0 heterocycles. The summed E-state index contributed by atoms with van der Waals surface area (Å²) in [6, 6.07) is 2.92. The first kappa shape index (κ1) is 16.5. The fourth-order valence-corrected chi connectivity index (χ4v) is 2.05. The van der Waals surface area contributed by atoms with Crippen LogP contribution in [0.4, 0.5) is 4.39 Å². The molecule has 20 heavy (non-hydrogen) atoms. The van der Waals surface area contributed by atoms with Gasteiger partial charge in [-0.05, 0) is 31.0 Å². The third kappa shape index (κ3) is 4.87. The molecule has 0 fully saturated rings. The van der Waals surface area contributed by atoms with Gasteiger partial charge in [-0.15, -0.1) is 0 Å². The van der Waals surface area contributed by atoms with Gasteiger partial charge in [0.1, 0.15) is 5.82 Å². The molecule has 0 radical (unpaired) electrons. The summed E-state index contributed by atoms with van der Waals surface area (Å²) < 4.78 is 40.6. The summed E-state index contributed by atoms with van der Waals surface area (Å²) in [5.74, 6) is -1.52. The molecule has 0 saturated heterocycles. The second kappa shape index (κ2) is 7.32. The first-order valence-electron chi connectivity index (χ1n) is 5.95. The summed E-state index contributed by atoms with van der Waals surface area (Å²) in [4.78, 5) is 11.3. The quantitative estimate of drug-likeness (QED) is 0.722. The highest BCUT2D eigenvalue weighted by molar-refractivity contribution is 7.89. The molecule has 3 N–H and O–H groups in total. The van der Waals surface area contributed by atoms with Crippen LogP contribution >= 0.6 is 0 Å². The van der Waals surface area contributed by atoms with Gasteiger partial charge in [0.2, 0.25) is 10.0 Å². The van der Waals surface area contributed by atoms with Crippen LogP contribution in [0, 0.1) is 5.82 Å². The molecule has 0 aliphatic rings. The van der Waals surface area contributed by atoms with Gasteiger partial charge < -0.3 is 10.1 Å². The minimum absolute atomic E-state index is 0.218. The minimum Gasteiger partial charge on any atom is -0.385 e. The Morgan fingerprint density at radius 2 is 2.10 bits per heavy atom. The monoisotopic (exact) mass is 304 g/mol. The number of methoxy groups -OCH3 is 1. The number of hydrogen-bond acceptors (Lipinski definition) is 4. The third-order valence-corrected chi connectivity index (χ3v) is 3.49. The van der Waals surface area contributed by atoms with Crippen LogP contribution in [-0.4, -0.2) is 34.6 Å². The maximum absolute atomic E-state index is 13.7.